The van der Waals surface area contributed by atoms with Crippen molar-refractivity contribution < 1.29 is 4.74 Å². The molecule has 0 heterocycles. The van der Waals surface area contributed by atoms with Gasteiger partial charge in [-0.1, -0.05) is 39.3 Å². The lowest BCUT2D eigenvalue weighted by atomic mass is 11.1. The topological polar surface area (TPSA) is 33.3 Å². The Morgan fingerprint density at radius 2 is 1.07 bits per heavy atom. The molecule has 0 aliphatic heterocycles. The van der Waals surface area contributed by atoms with Crippen LogP contribution in [0.25, 0.3) is 0 Å². The van der Waals surface area contributed by atoms with E-state index in [-0.39, 0.29) is 0 Å². The quantitative estimate of drug-likeness (QED) is 0.391. The predicted molar refractivity (Wildman–Crippen MR) is 73.5 cm³/mol. The Kier molecular flexibility index (Phi) is 6.94. The van der Waals surface area contributed by atoms with Crippen molar-refractivity contribution in [3.8, 4) is 0 Å². The highest BCUT2D eigenvalue weighted by Crippen LogP contribution is 1.97. The van der Waals surface area contributed by atoms with Crippen LogP contribution in [0.15, 0.2) is 0 Å². The average Bonchev–Trinajstić information content (AvgIpc) is 1.98. The lowest BCUT2D eigenvalue weighted by Crippen LogP contribution is -2.40. The fourth-order valence-corrected chi connectivity index (χ4v) is 2.75. The second kappa shape index (κ2) is 6.80. The zero-order chi connectivity index (χ0) is 11.9. The summed E-state index contributed by atoms with van der Waals surface area (Å²) in [7, 11) is -1.92. The summed E-state index contributed by atoms with van der Waals surface area (Å²) in [5.74, 6) is 0. The van der Waals surface area contributed by atoms with E-state index in [4.69, 9.17) is 4.74 Å². The normalized spacial score (nSPS) is 13.2. The minimum atomic E-state index is -0.960. The van der Waals surface area contributed by atoms with Gasteiger partial charge in [0.2, 0.25) is 0 Å². The first kappa shape index (κ1) is 15.3. The van der Waals surface area contributed by atoms with Crippen molar-refractivity contribution in [2.24, 2.45) is 0 Å². The number of nitrogens with one attached hydrogen (secondary N) is 2. The fraction of sp³-hybridized carbons (Fsp3) is 1.00. The fourth-order valence-electron chi connectivity index (χ4n) is 1.05. The van der Waals surface area contributed by atoms with Crippen molar-refractivity contribution in [3.63, 3.8) is 0 Å². The largest absolute Gasteiger partial charge is 0.351 e. The first-order chi connectivity index (χ1) is 6.71. The summed E-state index contributed by atoms with van der Waals surface area (Å²) < 4.78 is 5.45. The van der Waals surface area contributed by atoms with Gasteiger partial charge >= 0.3 is 0 Å². The minimum absolute atomic E-state index is 0.670. The Morgan fingerprint density at radius 3 is 1.33 bits per heavy atom. The number of rotatable bonds is 8. The molecule has 0 rings (SSSR count). The molecule has 0 fully saturated rings. The Balaban J connectivity index is 3.20. The number of hydrogen-bond donors (Lipinski definition) is 2. The van der Waals surface area contributed by atoms with E-state index in [0.29, 0.717) is 13.5 Å². The van der Waals surface area contributed by atoms with Crippen molar-refractivity contribution in [1.82, 2.24) is 10.6 Å². The molecule has 0 unspecified atom stereocenters. The molecular weight excluding hydrogens is 220 g/mol. The molecule has 5 heteroatoms. The highest BCUT2D eigenvalue weighted by Gasteiger charge is 2.12. The van der Waals surface area contributed by atoms with Gasteiger partial charge in [-0.15, -0.1) is 0 Å². The summed E-state index contributed by atoms with van der Waals surface area (Å²) in [5, 5.41) is 6.67. The molecule has 0 aromatic heterocycles. The van der Waals surface area contributed by atoms with Crippen LogP contribution in [-0.2, 0) is 4.74 Å². The summed E-state index contributed by atoms with van der Waals surface area (Å²) in [6, 6.07) is 0. The van der Waals surface area contributed by atoms with Crippen LogP contribution >= 0.6 is 0 Å². The van der Waals surface area contributed by atoms with Crippen LogP contribution in [0.4, 0.5) is 0 Å². The maximum Gasteiger partial charge on any atom is 0.0980 e. The molecule has 0 atom stereocenters. The van der Waals surface area contributed by atoms with E-state index >= 15 is 0 Å². The summed E-state index contributed by atoms with van der Waals surface area (Å²) in [6.45, 7) is 15.4. The number of hydrogen-bond acceptors (Lipinski definition) is 3. The van der Waals surface area contributed by atoms with Crippen molar-refractivity contribution in [2.75, 3.05) is 25.8 Å². The van der Waals surface area contributed by atoms with Crippen LogP contribution in [0.5, 0.6) is 0 Å². The van der Waals surface area contributed by atoms with Crippen LogP contribution in [0.2, 0.25) is 39.3 Å². The standard InChI is InChI=1S/C10H28N2OSi2/c1-14(2,3)9-11-7-13-8-12-10-15(4,5)6/h11-12H,7-10H2,1-6H3. The van der Waals surface area contributed by atoms with Gasteiger partial charge in [-0.2, -0.15) is 0 Å². The second-order valence-corrected chi connectivity index (χ2v) is 17.4. The maximum atomic E-state index is 5.45. The molecule has 3 nitrogen and oxygen atoms in total. The zero-order valence-electron chi connectivity index (χ0n) is 11.2. The molecule has 15 heavy (non-hydrogen) atoms. The van der Waals surface area contributed by atoms with Gasteiger partial charge in [0.05, 0.1) is 29.6 Å². The van der Waals surface area contributed by atoms with E-state index in [1.165, 1.54) is 0 Å². The highest BCUT2D eigenvalue weighted by molar-refractivity contribution is 6.76. The summed E-state index contributed by atoms with van der Waals surface area (Å²) in [4.78, 5) is 0. The Hall–Kier alpha value is 0.314. The van der Waals surface area contributed by atoms with Crippen LogP contribution in [0, 0.1) is 0 Å². The third-order valence-electron chi connectivity index (χ3n) is 1.72. The highest BCUT2D eigenvalue weighted by atomic mass is 28.3. The lowest BCUT2D eigenvalue weighted by molar-refractivity contribution is 0.107. The molecule has 0 radical (unpaired) electrons. The molecule has 0 aliphatic carbocycles. The first-order valence-corrected chi connectivity index (χ1v) is 13.1. The third-order valence-corrected chi connectivity index (χ3v) is 4.34. The maximum absolute atomic E-state index is 5.45. The molecule has 0 saturated carbocycles. The van der Waals surface area contributed by atoms with E-state index in [2.05, 4.69) is 49.9 Å². The van der Waals surface area contributed by atoms with Gasteiger partial charge in [0.1, 0.15) is 0 Å². The van der Waals surface area contributed by atoms with E-state index < -0.39 is 16.1 Å². The second-order valence-electron chi connectivity index (χ2n) is 6.47. The van der Waals surface area contributed by atoms with E-state index in [1.54, 1.807) is 0 Å². The Morgan fingerprint density at radius 1 is 0.733 bits per heavy atom. The monoisotopic (exact) mass is 248 g/mol. The van der Waals surface area contributed by atoms with Crippen LogP contribution in [0.1, 0.15) is 0 Å². The van der Waals surface area contributed by atoms with Crippen molar-refractivity contribution in [1.29, 1.82) is 0 Å². The van der Waals surface area contributed by atoms with Gasteiger partial charge < -0.3 is 4.74 Å². The van der Waals surface area contributed by atoms with Crippen LogP contribution < -0.4 is 10.6 Å². The number of ether oxygens (including phenoxy) is 1. The summed E-state index contributed by atoms with van der Waals surface area (Å²) in [5.41, 5.74) is 0. The Labute approximate surface area is 97.0 Å². The van der Waals surface area contributed by atoms with Crippen molar-refractivity contribution in [3.05, 3.63) is 0 Å². The van der Waals surface area contributed by atoms with Crippen molar-refractivity contribution in [2.45, 2.75) is 39.3 Å². The summed E-state index contributed by atoms with van der Waals surface area (Å²) >= 11 is 0. The van der Waals surface area contributed by atoms with Gasteiger partial charge in [-0.05, 0) is 12.3 Å². The van der Waals surface area contributed by atoms with Crippen LogP contribution in [0.3, 0.4) is 0 Å². The van der Waals surface area contributed by atoms with Gasteiger partial charge in [-0.25, -0.2) is 0 Å². The van der Waals surface area contributed by atoms with Crippen LogP contribution in [-0.4, -0.2) is 41.9 Å². The molecule has 0 aliphatic rings. The lowest BCUT2D eigenvalue weighted by Gasteiger charge is -2.18. The zero-order valence-corrected chi connectivity index (χ0v) is 13.2. The smallest absolute Gasteiger partial charge is 0.0980 e. The summed E-state index contributed by atoms with van der Waals surface area (Å²) in [6.07, 6.45) is 2.25. The van der Waals surface area contributed by atoms with Crippen molar-refractivity contribution >= 4 is 16.1 Å². The molecule has 0 spiro atoms. The van der Waals surface area contributed by atoms with E-state index in [0.717, 1.165) is 12.3 Å². The van der Waals surface area contributed by atoms with E-state index in [9.17, 15) is 0 Å². The molecule has 0 bridgehead atoms. The van der Waals surface area contributed by atoms with E-state index in [1.807, 2.05) is 0 Å². The van der Waals surface area contributed by atoms with Gasteiger partial charge in [-0.3, -0.25) is 10.6 Å². The molecule has 92 valence electrons. The van der Waals surface area contributed by atoms with Gasteiger partial charge in [0.15, 0.2) is 0 Å². The SMILES string of the molecule is C[Si](C)(C)CNCOCNC[Si](C)(C)C. The molecule has 0 amide bonds. The molecule has 2 N–H and O–H groups in total. The molecule has 0 saturated heterocycles. The first-order valence-electron chi connectivity index (χ1n) is 5.70. The minimum Gasteiger partial charge on any atom is -0.351 e. The predicted octanol–water partition coefficient (Wildman–Crippen LogP) is 1.85. The van der Waals surface area contributed by atoms with Gasteiger partial charge in [0, 0.05) is 0 Å². The molecular formula is C10H28N2OSi2. The molecule has 0 aromatic carbocycles. The van der Waals surface area contributed by atoms with Gasteiger partial charge in [0.25, 0.3) is 0 Å². The third kappa shape index (κ3) is 14.3. The Bertz CT molecular complexity index is 146. The molecule has 0 aromatic rings. The average molecular weight is 249 g/mol.